The van der Waals surface area contributed by atoms with E-state index in [2.05, 4.69) is 25.2 Å². The van der Waals surface area contributed by atoms with Gasteiger partial charge in [-0.2, -0.15) is 0 Å². The summed E-state index contributed by atoms with van der Waals surface area (Å²) in [6.07, 6.45) is 2.69. The summed E-state index contributed by atoms with van der Waals surface area (Å²) in [5.74, 6) is 0.373. The van der Waals surface area contributed by atoms with E-state index >= 15 is 0 Å². The zero-order valence-corrected chi connectivity index (χ0v) is 19.4. The fraction of sp³-hybridized carbons (Fsp3) is 0.227. The van der Waals surface area contributed by atoms with Crippen LogP contribution in [-0.2, 0) is 14.6 Å². The molecule has 9 nitrogen and oxygen atoms in total. The lowest BCUT2D eigenvalue weighted by molar-refractivity contribution is 0.122. The minimum absolute atomic E-state index is 0.0264. The van der Waals surface area contributed by atoms with Crippen molar-refractivity contribution in [2.24, 2.45) is 0 Å². The number of fused-ring (bicyclic) bond motifs is 1. The molecule has 4 heterocycles. The summed E-state index contributed by atoms with van der Waals surface area (Å²) in [6.45, 7) is 3.12. The van der Waals surface area contributed by atoms with Gasteiger partial charge < -0.3 is 19.9 Å². The Morgan fingerprint density at radius 2 is 1.85 bits per heavy atom. The van der Waals surface area contributed by atoms with Crippen LogP contribution in [0.5, 0.6) is 0 Å². The third-order valence-electron chi connectivity index (χ3n) is 5.32. The Morgan fingerprint density at radius 3 is 2.55 bits per heavy atom. The number of sulfone groups is 1. The number of aromatic nitrogens is 3. The van der Waals surface area contributed by atoms with Crippen LogP contribution in [0.4, 0.5) is 17.2 Å². The summed E-state index contributed by atoms with van der Waals surface area (Å²) < 4.78 is 29.1. The fourth-order valence-electron chi connectivity index (χ4n) is 3.69. The summed E-state index contributed by atoms with van der Waals surface area (Å²) in [4.78, 5) is 26.4. The molecular formula is C22H21N5O4S2. The van der Waals surface area contributed by atoms with Crippen LogP contribution in [0.25, 0.3) is 22.2 Å². The maximum Gasteiger partial charge on any atom is 0.259 e. The summed E-state index contributed by atoms with van der Waals surface area (Å²) in [7, 11) is -3.41. The smallest absolute Gasteiger partial charge is 0.259 e. The zero-order chi connectivity index (χ0) is 23.0. The van der Waals surface area contributed by atoms with Gasteiger partial charge in [-0.3, -0.25) is 4.79 Å². The highest BCUT2D eigenvalue weighted by Crippen LogP contribution is 2.30. The molecule has 0 amide bonds. The molecule has 1 fully saturated rings. The number of nitrogens with one attached hydrogen (secondary N) is 2. The van der Waals surface area contributed by atoms with Crippen LogP contribution in [0.3, 0.4) is 0 Å². The number of H-pyrrole nitrogens is 1. The van der Waals surface area contributed by atoms with Crippen molar-refractivity contribution in [2.45, 2.75) is 4.34 Å². The van der Waals surface area contributed by atoms with Crippen molar-refractivity contribution in [2.75, 3.05) is 42.8 Å². The number of ether oxygens (including phenoxy) is 1. The van der Waals surface area contributed by atoms with Gasteiger partial charge in [0.1, 0.15) is 11.5 Å². The first-order chi connectivity index (χ1) is 15.9. The van der Waals surface area contributed by atoms with E-state index in [0.29, 0.717) is 41.2 Å². The Balaban J connectivity index is 1.53. The van der Waals surface area contributed by atoms with Crippen LogP contribution < -0.4 is 15.8 Å². The van der Waals surface area contributed by atoms with E-state index in [4.69, 9.17) is 4.74 Å². The average molecular weight is 484 g/mol. The van der Waals surface area contributed by atoms with Gasteiger partial charge in [-0.25, -0.2) is 18.4 Å². The van der Waals surface area contributed by atoms with Gasteiger partial charge >= 0.3 is 0 Å². The Kier molecular flexibility index (Phi) is 5.60. The molecule has 0 atom stereocenters. The highest BCUT2D eigenvalue weighted by Gasteiger charge is 2.17. The summed E-state index contributed by atoms with van der Waals surface area (Å²) in [5.41, 5.74) is 2.52. The van der Waals surface area contributed by atoms with Crippen molar-refractivity contribution >= 4 is 49.1 Å². The number of aromatic amines is 1. The van der Waals surface area contributed by atoms with Crippen LogP contribution >= 0.6 is 11.3 Å². The molecule has 0 unspecified atom stereocenters. The van der Waals surface area contributed by atoms with E-state index in [-0.39, 0.29) is 9.90 Å². The van der Waals surface area contributed by atoms with Gasteiger partial charge in [-0.15, -0.1) is 11.3 Å². The molecule has 1 aliphatic heterocycles. The maximum absolute atomic E-state index is 12.6. The number of hydrogen-bond donors (Lipinski definition) is 2. The van der Waals surface area contributed by atoms with E-state index in [9.17, 15) is 13.2 Å². The van der Waals surface area contributed by atoms with Gasteiger partial charge in [-0.1, -0.05) is 0 Å². The molecule has 2 N–H and O–H groups in total. The van der Waals surface area contributed by atoms with Crippen molar-refractivity contribution in [3.63, 3.8) is 0 Å². The van der Waals surface area contributed by atoms with Crippen LogP contribution in [0.2, 0.25) is 0 Å². The zero-order valence-electron chi connectivity index (χ0n) is 17.7. The van der Waals surface area contributed by atoms with Crippen molar-refractivity contribution in [1.82, 2.24) is 15.0 Å². The summed E-state index contributed by atoms with van der Waals surface area (Å²) in [6, 6.07) is 11.4. The van der Waals surface area contributed by atoms with E-state index < -0.39 is 9.84 Å². The molecule has 1 aliphatic rings. The SMILES string of the molecule is CS(=O)(=O)c1nc(-c2cc3cc[nH]c(=O)c3c(Nc3ccc(N4CCOCC4)cc3)n2)cs1. The second kappa shape index (κ2) is 8.58. The lowest BCUT2D eigenvalue weighted by atomic mass is 10.1. The maximum atomic E-state index is 12.6. The predicted octanol–water partition coefficient (Wildman–Crippen LogP) is 3.03. The van der Waals surface area contributed by atoms with Gasteiger partial charge in [0.15, 0.2) is 0 Å². The molecule has 0 spiro atoms. The molecule has 1 saturated heterocycles. The molecule has 0 saturated carbocycles. The van der Waals surface area contributed by atoms with E-state index in [1.807, 2.05) is 24.3 Å². The number of pyridine rings is 2. The Morgan fingerprint density at radius 1 is 1.09 bits per heavy atom. The first kappa shape index (κ1) is 21.6. The largest absolute Gasteiger partial charge is 0.378 e. The molecule has 3 aromatic heterocycles. The third kappa shape index (κ3) is 4.47. The number of anilines is 3. The van der Waals surface area contributed by atoms with E-state index in [1.54, 1.807) is 23.7 Å². The molecule has 0 aliphatic carbocycles. The van der Waals surface area contributed by atoms with Gasteiger partial charge in [-0.05, 0) is 41.8 Å². The Bertz CT molecular complexity index is 1470. The number of nitrogens with zero attached hydrogens (tertiary/aromatic N) is 3. The highest BCUT2D eigenvalue weighted by molar-refractivity contribution is 7.92. The Hall–Kier alpha value is -3.28. The van der Waals surface area contributed by atoms with Crippen LogP contribution in [0.1, 0.15) is 0 Å². The third-order valence-corrected chi connectivity index (χ3v) is 7.88. The summed E-state index contributed by atoms with van der Waals surface area (Å²) >= 11 is 1.04. The average Bonchev–Trinajstić information content (AvgIpc) is 3.31. The molecule has 1 aromatic carbocycles. The molecule has 170 valence electrons. The fourth-order valence-corrected chi connectivity index (χ4v) is 5.34. The number of rotatable bonds is 5. The van der Waals surface area contributed by atoms with Gasteiger partial charge in [0.25, 0.3) is 5.56 Å². The number of hydrogen-bond acceptors (Lipinski definition) is 9. The van der Waals surface area contributed by atoms with E-state index in [0.717, 1.165) is 42.1 Å². The number of benzene rings is 1. The lowest BCUT2D eigenvalue weighted by Crippen LogP contribution is -2.36. The Labute approximate surface area is 194 Å². The monoisotopic (exact) mass is 483 g/mol. The predicted molar refractivity (Wildman–Crippen MR) is 129 cm³/mol. The van der Waals surface area contributed by atoms with Gasteiger partial charge in [0, 0.05) is 42.3 Å². The van der Waals surface area contributed by atoms with Crippen LogP contribution in [0.15, 0.2) is 57.1 Å². The van der Waals surface area contributed by atoms with E-state index in [1.165, 1.54) is 0 Å². The molecular weight excluding hydrogens is 462 g/mol. The first-order valence-electron chi connectivity index (χ1n) is 10.3. The molecule has 5 rings (SSSR count). The van der Waals surface area contributed by atoms with Crippen molar-refractivity contribution < 1.29 is 13.2 Å². The normalized spacial score (nSPS) is 14.5. The highest BCUT2D eigenvalue weighted by atomic mass is 32.2. The van der Waals surface area contributed by atoms with Crippen molar-refractivity contribution in [3.05, 3.63) is 58.3 Å². The molecule has 33 heavy (non-hydrogen) atoms. The van der Waals surface area contributed by atoms with Crippen LogP contribution in [0, 0.1) is 0 Å². The van der Waals surface area contributed by atoms with Crippen LogP contribution in [-0.4, -0.2) is 55.9 Å². The quantitative estimate of drug-likeness (QED) is 0.445. The second-order valence-corrected chi connectivity index (χ2v) is 10.7. The standard InChI is InChI=1S/C22H21N5O4S2/c1-33(29,30)22-26-18(13-32-22)17-12-14-6-7-23-21(28)19(14)20(25-17)24-15-2-4-16(5-3-15)27-8-10-31-11-9-27/h2-7,12-13H,8-11H2,1H3,(H,23,28)(H,24,25). The lowest BCUT2D eigenvalue weighted by Gasteiger charge is -2.28. The first-order valence-corrected chi connectivity index (χ1v) is 13.0. The second-order valence-electron chi connectivity index (χ2n) is 7.67. The minimum Gasteiger partial charge on any atom is -0.378 e. The molecule has 4 aromatic rings. The molecule has 0 radical (unpaired) electrons. The number of morpholine rings is 1. The number of thiazole rings is 1. The molecule has 0 bridgehead atoms. The van der Waals surface area contributed by atoms with Gasteiger partial charge in [0.2, 0.25) is 14.2 Å². The summed E-state index contributed by atoms with van der Waals surface area (Å²) in [5, 5.41) is 5.98. The van der Waals surface area contributed by atoms with Gasteiger partial charge in [0.05, 0.1) is 24.3 Å². The van der Waals surface area contributed by atoms with Crippen molar-refractivity contribution in [3.8, 4) is 11.4 Å². The topological polar surface area (TPSA) is 117 Å². The minimum atomic E-state index is -3.41. The van der Waals surface area contributed by atoms with Crippen molar-refractivity contribution in [1.29, 1.82) is 0 Å². The molecule has 11 heteroatoms.